The lowest BCUT2D eigenvalue weighted by Gasteiger charge is -2.17. The molecule has 2 aromatic rings. The number of hydrogen-bond acceptors (Lipinski definition) is 4. The number of alkyl halides is 5. The molecule has 0 aliphatic carbocycles. The average Bonchev–Trinajstić information content (AvgIpc) is 3.08. The fourth-order valence-electron chi connectivity index (χ4n) is 3.23. The van der Waals surface area contributed by atoms with E-state index in [-0.39, 0.29) is 5.75 Å². The van der Waals surface area contributed by atoms with Crippen LogP contribution in [0, 0.1) is 0 Å². The second kappa shape index (κ2) is 8.86. The fraction of sp³-hybridized carbons (Fsp3) is 0.368. The number of hydrogen-bond donors (Lipinski definition) is 1. The minimum Gasteiger partial charge on any atom is -0.435 e. The normalized spacial score (nSPS) is 18.1. The number of sulfonamides is 1. The van der Waals surface area contributed by atoms with Crippen LogP contribution in [0.3, 0.4) is 0 Å². The van der Waals surface area contributed by atoms with E-state index in [1.807, 2.05) is 4.90 Å². The number of ether oxygens (including phenoxy) is 1. The maximum Gasteiger partial charge on any atom is 0.416 e. The van der Waals surface area contributed by atoms with E-state index in [9.17, 15) is 30.4 Å². The van der Waals surface area contributed by atoms with Gasteiger partial charge < -0.3 is 4.74 Å². The summed E-state index contributed by atoms with van der Waals surface area (Å²) in [5, 5.41) is 0. The number of likely N-dealkylation sites (tertiary alicyclic amines) is 1. The van der Waals surface area contributed by atoms with Gasteiger partial charge in [-0.05, 0) is 42.3 Å². The molecule has 30 heavy (non-hydrogen) atoms. The molecule has 5 nitrogen and oxygen atoms in total. The van der Waals surface area contributed by atoms with Crippen molar-refractivity contribution in [2.24, 2.45) is 0 Å². The van der Waals surface area contributed by atoms with Gasteiger partial charge in [-0.3, -0.25) is 4.90 Å². The van der Waals surface area contributed by atoms with E-state index in [1.165, 1.54) is 12.1 Å². The molecule has 0 unspecified atom stereocenters. The molecular weight excluding hydrogens is 431 g/mol. The molecule has 1 fully saturated rings. The summed E-state index contributed by atoms with van der Waals surface area (Å²) in [6, 6.07) is 9.26. The molecule has 3 rings (SSSR count). The second-order valence-corrected chi connectivity index (χ2v) is 8.60. The van der Waals surface area contributed by atoms with Crippen molar-refractivity contribution in [3.63, 3.8) is 0 Å². The summed E-state index contributed by atoms with van der Waals surface area (Å²) >= 11 is 0. The highest BCUT2D eigenvalue weighted by molar-refractivity contribution is 7.89. The zero-order chi connectivity index (χ0) is 21.9. The molecule has 1 saturated heterocycles. The fourth-order valence-corrected chi connectivity index (χ4v) is 4.54. The van der Waals surface area contributed by atoms with Gasteiger partial charge in [-0.1, -0.05) is 18.2 Å². The van der Waals surface area contributed by atoms with Gasteiger partial charge in [0.15, 0.2) is 0 Å². The largest absolute Gasteiger partial charge is 0.435 e. The molecule has 1 N–H and O–H groups in total. The SMILES string of the molecule is O=S(=O)(N[C@@H]1CCN(Cc2ccc(OC(F)F)cc2)C1)c1cccc(C(F)(F)F)c1. The molecule has 11 heteroatoms. The van der Waals surface area contributed by atoms with Gasteiger partial charge in [-0.15, -0.1) is 0 Å². The van der Waals surface area contributed by atoms with Gasteiger partial charge in [0.25, 0.3) is 0 Å². The number of nitrogens with zero attached hydrogens (tertiary/aromatic N) is 1. The van der Waals surface area contributed by atoms with Crippen molar-refractivity contribution in [1.82, 2.24) is 9.62 Å². The van der Waals surface area contributed by atoms with Gasteiger partial charge in [0, 0.05) is 25.7 Å². The Labute approximate surface area is 170 Å². The Kier molecular flexibility index (Phi) is 6.63. The lowest BCUT2D eigenvalue weighted by Crippen LogP contribution is -2.37. The Morgan fingerprint density at radius 2 is 1.83 bits per heavy atom. The second-order valence-electron chi connectivity index (χ2n) is 6.89. The van der Waals surface area contributed by atoms with Crippen LogP contribution in [0.5, 0.6) is 5.75 Å². The van der Waals surface area contributed by atoms with E-state index < -0.39 is 39.3 Å². The van der Waals surface area contributed by atoms with Crippen molar-refractivity contribution < 1.29 is 35.1 Å². The highest BCUT2D eigenvalue weighted by Crippen LogP contribution is 2.30. The minimum atomic E-state index is -4.63. The molecular formula is C19H19F5N2O3S. The summed E-state index contributed by atoms with van der Waals surface area (Å²) in [5.74, 6) is 0.0434. The molecule has 0 amide bonds. The van der Waals surface area contributed by atoms with E-state index in [0.717, 1.165) is 23.8 Å². The van der Waals surface area contributed by atoms with E-state index >= 15 is 0 Å². The molecule has 1 aliphatic rings. The van der Waals surface area contributed by atoms with Gasteiger partial charge in [-0.25, -0.2) is 13.1 Å². The molecule has 1 aliphatic heterocycles. The third-order valence-corrected chi connectivity index (χ3v) is 6.14. The lowest BCUT2D eigenvalue weighted by molar-refractivity contribution is -0.137. The van der Waals surface area contributed by atoms with E-state index in [1.54, 1.807) is 12.1 Å². The van der Waals surface area contributed by atoms with Crippen LogP contribution in [-0.2, 0) is 22.7 Å². The topological polar surface area (TPSA) is 58.6 Å². The van der Waals surface area contributed by atoms with Crippen molar-refractivity contribution in [1.29, 1.82) is 0 Å². The van der Waals surface area contributed by atoms with E-state index in [4.69, 9.17) is 0 Å². The first-order valence-electron chi connectivity index (χ1n) is 8.98. The smallest absolute Gasteiger partial charge is 0.416 e. The Bertz CT molecular complexity index is 965. The quantitative estimate of drug-likeness (QED) is 0.651. The minimum absolute atomic E-state index is 0.0434. The predicted molar refractivity (Wildman–Crippen MR) is 98.5 cm³/mol. The highest BCUT2D eigenvalue weighted by Gasteiger charge is 2.33. The maximum absolute atomic E-state index is 12.8. The van der Waals surface area contributed by atoms with Crippen LogP contribution in [-0.4, -0.2) is 39.1 Å². The average molecular weight is 450 g/mol. The first kappa shape index (κ1) is 22.4. The third-order valence-electron chi connectivity index (χ3n) is 4.62. The van der Waals surface area contributed by atoms with Gasteiger partial charge in [0.2, 0.25) is 10.0 Å². The highest BCUT2D eigenvalue weighted by atomic mass is 32.2. The van der Waals surface area contributed by atoms with Crippen LogP contribution in [0.25, 0.3) is 0 Å². The Hall–Kier alpha value is -2.24. The van der Waals surface area contributed by atoms with E-state index in [0.29, 0.717) is 32.1 Å². The summed E-state index contributed by atoms with van der Waals surface area (Å²) in [4.78, 5) is 1.52. The summed E-state index contributed by atoms with van der Waals surface area (Å²) in [6.07, 6.45) is -4.14. The van der Waals surface area contributed by atoms with Crippen LogP contribution in [0.15, 0.2) is 53.4 Å². The zero-order valence-electron chi connectivity index (χ0n) is 15.6. The van der Waals surface area contributed by atoms with Crippen molar-refractivity contribution in [3.05, 3.63) is 59.7 Å². The van der Waals surface area contributed by atoms with Crippen molar-refractivity contribution >= 4 is 10.0 Å². The lowest BCUT2D eigenvalue weighted by atomic mass is 10.2. The Morgan fingerprint density at radius 3 is 2.47 bits per heavy atom. The first-order valence-corrected chi connectivity index (χ1v) is 10.5. The van der Waals surface area contributed by atoms with Gasteiger partial charge in [0.1, 0.15) is 5.75 Å². The summed E-state index contributed by atoms with van der Waals surface area (Å²) in [6.45, 7) is -1.49. The summed E-state index contributed by atoms with van der Waals surface area (Å²) < 4.78 is 94.6. The number of halogens is 5. The molecule has 164 valence electrons. The number of nitrogens with one attached hydrogen (secondary N) is 1. The Balaban J connectivity index is 1.59. The van der Waals surface area contributed by atoms with Crippen LogP contribution in [0.4, 0.5) is 22.0 Å². The predicted octanol–water partition coefficient (Wildman–Crippen LogP) is 3.86. The molecule has 0 spiro atoms. The zero-order valence-corrected chi connectivity index (χ0v) is 16.4. The van der Waals surface area contributed by atoms with Crippen LogP contribution in [0.2, 0.25) is 0 Å². The molecule has 1 atom stereocenters. The standard InChI is InChI=1S/C19H19F5N2O3S/c20-18(21)29-16-6-4-13(5-7-16)11-26-9-8-15(12-26)25-30(27,28)17-3-1-2-14(10-17)19(22,23)24/h1-7,10,15,18,25H,8-9,11-12H2/t15-/m1/s1. The number of benzene rings is 2. The van der Waals surface area contributed by atoms with E-state index in [2.05, 4.69) is 9.46 Å². The van der Waals surface area contributed by atoms with Gasteiger partial charge in [0.05, 0.1) is 10.5 Å². The summed E-state index contributed by atoms with van der Waals surface area (Å²) in [7, 11) is -4.10. The van der Waals surface area contributed by atoms with Crippen molar-refractivity contribution in [2.45, 2.75) is 36.7 Å². The molecule has 1 heterocycles. The monoisotopic (exact) mass is 450 g/mol. The molecule has 0 aromatic heterocycles. The van der Waals surface area contributed by atoms with Crippen LogP contribution < -0.4 is 9.46 Å². The van der Waals surface area contributed by atoms with Crippen molar-refractivity contribution in [2.75, 3.05) is 13.1 Å². The van der Waals surface area contributed by atoms with Crippen LogP contribution >= 0.6 is 0 Å². The molecule has 0 radical (unpaired) electrons. The maximum atomic E-state index is 12.8. The third kappa shape index (κ3) is 5.89. The van der Waals surface area contributed by atoms with Crippen molar-refractivity contribution in [3.8, 4) is 5.75 Å². The van der Waals surface area contributed by atoms with Gasteiger partial charge in [-0.2, -0.15) is 22.0 Å². The first-order chi connectivity index (χ1) is 14.0. The number of rotatable bonds is 7. The molecule has 0 bridgehead atoms. The molecule has 2 aromatic carbocycles. The van der Waals surface area contributed by atoms with Crippen LogP contribution in [0.1, 0.15) is 17.5 Å². The Morgan fingerprint density at radius 1 is 1.13 bits per heavy atom. The molecule has 0 saturated carbocycles. The summed E-state index contributed by atoms with van der Waals surface area (Å²) in [5.41, 5.74) is -0.198. The van der Waals surface area contributed by atoms with Gasteiger partial charge >= 0.3 is 12.8 Å².